The number of guanidine groups is 1. The van der Waals surface area contributed by atoms with E-state index in [1.165, 1.54) is 0 Å². The zero-order valence-electron chi connectivity index (χ0n) is 14.3. The molecule has 0 aliphatic carbocycles. The van der Waals surface area contributed by atoms with E-state index in [0.717, 1.165) is 50.9 Å². The van der Waals surface area contributed by atoms with Gasteiger partial charge in [-0.05, 0) is 13.8 Å². The number of ether oxygens (including phenoxy) is 1. The molecule has 1 saturated heterocycles. The molecule has 1 atom stereocenters. The van der Waals surface area contributed by atoms with Crippen molar-refractivity contribution in [2.24, 2.45) is 12.0 Å². The maximum Gasteiger partial charge on any atom is 0.191 e. The van der Waals surface area contributed by atoms with E-state index in [4.69, 9.17) is 4.74 Å². The Morgan fingerprint density at radius 2 is 2.13 bits per heavy atom. The highest BCUT2D eigenvalue weighted by Crippen LogP contribution is 2.02. The van der Waals surface area contributed by atoms with Crippen LogP contribution in [0, 0.1) is 0 Å². The van der Waals surface area contributed by atoms with E-state index in [9.17, 15) is 0 Å². The topological polar surface area (TPSA) is 66.7 Å². The van der Waals surface area contributed by atoms with Crippen LogP contribution in [0.3, 0.4) is 0 Å². The Bertz CT molecular complexity index is 472. The predicted molar refractivity (Wildman–Crippen MR) is 103 cm³/mol. The first-order chi connectivity index (χ1) is 10.7. The van der Waals surface area contributed by atoms with Crippen LogP contribution in [0.5, 0.6) is 0 Å². The molecule has 0 radical (unpaired) electrons. The molecule has 2 N–H and O–H groups in total. The van der Waals surface area contributed by atoms with Gasteiger partial charge in [-0.2, -0.15) is 5.10 Å². The number of halogens is 1. The standard InChI is InChI=1S/C15H28N6O.HI/c1-4-16-15(18-10-14-11-19-20(3)12-14)17-9-13(2)21-5-7-22-8-6-21;/h11-13H,4-10H2,1-3H3,(H2,16,17,18);1H. The van der Waals surface area contributed by atoms with Crippen molar-refractivity contribution in [3.63, 3.8) is 0 Å². The number of aliphatic imine (C=N–C) groups is 1. The fraction of sp³-hybridized carbons (Fsp3) is 0.733. The highest BCUT2D eigenvalue weighted by Gasteiger charge is 2.16. The Labute approximate surface area is 155 Å². The third kappa shape index (κ3) is 7.05. The number of nitrogens with zero attached hydrogens (tertiary/aromatic N) is 4. The van der Waals surface area contributed by atoms with Gasteiger partial charge in [-0.1, -0.05) is 0 Å². The molecule has 1 fully saturated rings. The Hall–Kier alpha value is -0.870. The van der Waals surface area contributed by atoms with Crippen molar-refractivity contribution in [3.8, 4) is 0 Å². The summed E-state index contributed by atoms with van der Waals surface area (Å²) in [7, 11) is 1.92. The molecule has 0 bridgehead atoms. The first-order valence-corrected chi connectivity index (χ1v) is 8.00. The van der Waals surface area contributed by atoms with Gasteiger partial charge in [-0.15, -0.1) is 24.0 Å². The molecular weight excluding hydrogens is 407 g/mol. The van der Waals surface area contributed by atoms with Crippen LogP contribution in [0.1, 0.15) is 19.4 Å². The Morgan fingerprint density at radius 3 is 2.74 bits per heavy atom. The lowest BCUT2D eigenvalue weighted by Crippen LogP contribution is -2.49. The number of aromatic nitrogens is 2. The second-order valence-corrected chi connectivity index (χ2v) is 5.60. The molecular formula is C15H29IN6O. The minimum Gasteiger partial charge on any atom is -0.379 e. The summed E-state index contributed by atoms with van der Waals surface area (Å²) in [6, 6.07) is 0.464. The van der Waals surface area contributed by atoms with E-state index in [0.29, 0.717) is 12.6 Å². The quantitative estimate of drug-likeness (QED) is 0.393. The normalized spacial score (nSPS) is 17.4. The molecule has 1 aliphatic heterocycles. The zero-order valence-corrected chi connectivity index (χ0v) is 16.6. The van der Waals surface area contributed by atoms with Gasteiger partial charge in [-0.25, -0.2) is 4.99 Å². The molecule has 0 saturated carbocycles. The third-order valence-electron chi connectivity index (χ3n) is 3.76. The molecule has 2 heterocycles. The first kappa shape index (κ1) is 20.2. The smallest absolute Gasteiger partial charge is 0.191 e. The van der Waals surface area contributed by atoms with Gasteiger partial charge < -0.3 is 15.4 Å². The van der Waals surface area contributed by atoms with Gasteiger partial charge in [0.2, 0.25) is 0 Å². The summed E-state index contributed by atoms with van der Waals surface area (Å²) in [5.74, 6) is 0.853. The second kappa shape index (κ2) is 10.8. The number of morpholine rings is 1. The number of aryl methyl sites for hydroxylation is 1. The van der Waals surface area contributed by atoms with Crippen LogP contribution < -0.4 is 10.6 Å². The fourth-order valence-electron chi connectivity index (χ4n) is 2.46. The summed E-state index contributed by atoms with van der Waals surface area (Å²) in [6.07, 6.45) is 3.84. The highest BCUT2D eigenvalue weighted by molar-refractivity contribution is 14.0. The monoisotopic (exact) mass is 436 g/mol. The average Bonchev–Trinajstić information content (AvgIpc) is 2.96. The summed E-state index contributed by atoms with van der Waals surface area (Å²) in [4.78, 5) is 7.06. The zero-order chi connectivity index (χ0) is 15.8. The maximum atomic E-state index is 5.40. The van der Waals surface area contributed by atoms with E-state index < -0.39 is 0 Å². The molecule has 1 aromatic rings. The minimum absolute atomic E-state index is 0. The third-order valence-corrected chi connectivity index (χ3v) is 3.76. The van der Waals surface area contributed by atoms with Crippen LogP contribution in [0.4, 0.5) is 0 Å². The summed E-state index contributed by atoms with van der Waals surface area (Å²) >= 11 is 0. The van der Waals surface area contributed by atoms with Crippen molar-refractivity contribution >= 4 is 29.9 Å². The SMILES string of the molecule is CCNC(=NCc1cnn(C)c1)NCC(C)N1CCOCC1.I. The van der Waals surface area contributed by atoms with Crippen LogP contribution >= 0.6 is 24.0 Å². The van der Waals surface area contributed by atoms with Crippen molar-refractivity contribution in [2.45, 2.75) is 26.4 Å². The molecule has 1 aliphatic rings. The van der Waals surface area contributed by atoms with Crippen LogP contribution in [-0.2, 0) is 18.3 Å². The lowest BCUT2D eigenvalue weighted by molar-refractivity contribution is 0.0211. The van der Waals surface area contributed by atoms with E-state index in [1.54, 1.807) is 4.68 Å². The van der Waals surface area contributed by atoms with Gasteiger partial charge in [0.1, 0.15) is 0 Å². The van der Waals surface area contributed by atoms with Crippen molar-refractivity contribution in [1.82, 2.24) is 25.3 Å². The number of rotatable bonds is 6. The molecule has 1 aromatic heterocycles. The Balaban J connectivity index is 0.00000264. The molecule has 0 aromatic carbocycles. The van der Waals surface area contributed by atoms with E-state index in [2.05, 4.69) is 39.5 Å². The van der Waals surface area contributed by atoms with Gasteiger partial charge in [-0.3, -0.25) is 9.58 Å². The summed E-state index contributed by atoms with van der Waals surface area (Å²) < 4.78 is 7.19. The van der Waals surface area contributed by atoms with Gasteiger partial charge in [0, 0.05) is 51.0 Å². The molecule has 23 heavy (non-hydrogen) atoms. The Kier molecular flexibility index (Phi) is 9.49. The van der Waals surface area contributed by atoms with E-state index in [1.807, 2.05) is 19.4 Å². The van der Waals surface area contributed by atoms with Crippen molar-refractivity contribution in [1.29, 1.82) is 0 Å². The summed E-state index contributed by atoms with van der Waals surface area (Å²) in [5.41, 5.74) is 1.11. The minimum atomic E-state index is 0. The van der Waals surface area contributed by atoms with Gasteiger partial charge in [0.15, 0.2) is 5.96 Å². The van der Waals surface area contributed by atoms with Crippen molar-refractivity contribution in [3.05, 3.63) is 18.0 Å². The number of hydrogen-bond acceptors (Lipinski definition) is 4. The number of hydrogen-bond donors (Lipinski definition) is 2. The molecule has 8 heteroatoms. The largest absolute Gasteiger partial charge is 0.379 e. The van der Waals surface area contributed by atoms with E-state index in [-0.39, 0.29) is 24.0 Å². The van der Waals surface area contributed by atoms with Crippen molar-refractivity contribution in [2.75, 3.05) is 39.4 Å². The average molecular weight is 436 g/mol. The molecule has 132 valence electrons. The summed E-state index contributed by atoms with van der Waals surface area (Å²) in [6.45, 7) is 10.4. The number of nitrogens with one attached hydrogen (secondary N) is 2. The predicted octanol–water partition coefficient (Wildman–Crippen LogP) is 0.814. The van der Waals surface area contributed by atoms with Gasteiger partial charge in [0.05, 0.1) is 26.0 Å². The first-order valence-electron chi connectivity index (χ1n) is 8.00. The Morgan fingerprint density at radius 1 is 1.39 bits per heavy atom. The van der Waals surface area contributed by atoms with Crippen molar-refractivity contribution < 1.29 is 4.74 Å². The van der Waals surface area contributed by atoms with Gasteiger partial charge >= 0.3 is 0 Å². The maximum absolute atomic E-state index is 5.40. The molecule has 2 rings (SSSR count). The highest BCUT2D eigenvalue weighted by atomic mass is 127. The molecule has 1 unspecified atom stereocenters. The lowest BCUT2D eigenvalue weighted by atomic mass is 10.2. The molecule has 7 nitrogen and oxygen atoms in total. The fourth-order valence-corrected chi connectivity index (χ4v) is 2.46. The van der Waals surface area contributed by atoms with Crippen LogP contribution in [0.2, 0.25) is 0 Å². The van der Waals surface area contributed by atoms with Crippen LogP contribution in [-0.4, -0.2) is 66.1 Å². The van der Waals surface area contributed by atoms with Crippen LogP contribution in [0.15, 0.2) is 17.4 Å². The van der Waals surface area contributed by atoms with E-state index >= 15 is 0 Å². The molecule has 0 amide bonds. The lowest BCUT2D eigenvalue weighted by Gasteiger charge is -2.32. The summed E-state index contributed by atoms with van der Waals surface area (Å²) in [5, 5.41) is 10.9. The van der Waals surface area contributed by atoms with Crippen LogP contribution in [0.25, 0.3) is 0 Å². The second-order valence-electron chi connectivity index (χ2n) is 5.60. The molecule has 0 spiro atoms. The van der Waals surface area contributed by atoms with Gasteiger partial charge in [0.25, 0.3) is 0 Å².